The molecular formula is C81H139N18O16+. The van der Waals surface area contributed by atoms with Crippen LogP contribution in [0.2, 0.25) is 0 Å². The second-order valence-corrected chi connectivity index (χ2v) is 36.6. The van der Waals surface area contributed by atoms with Gasteiger partial charge in [-0.1, -0.05) is 48.5 Å². The first-order valence-corrected chi connectivity index (χ1v) is 41.5. The van der Waals surface area contributed by atoms with Crippen molar-refractivity contribution in [2.24, 2.45) is 17.8 Å². The molecule has 7 unspecified atom stereocenters. The normalized spacial score (nSPS) is 19.1. The Hall–Kier alpha value is -9.01. The smallest absolute Gasteiger partial charge is 0.248 e. The summed E-state index contributed by atoms with van der Waals surface area (Å²) in [5.74, 6) is -8.42. The van der Waals surface area contributed by atoms with Crippen molar-refractivity contribution in [1.29, 1.82) is 0 Å². The van der Waals surface area contributed by atoms with Gasteiger partial charge in [-0.3, -0.25) is 86.2 Å². The first kappa shape index (κ1) is 96.6. The fourth-order valence-electron chi connectivity index (χ4n) is 15.2. The van der Waals surface area contributed by atoms with Crippen LogP contribution in [0.3, 0.4) is 0 Å². The van der Waals surface area contributed by atoms with Crippen LogP contribution in [0.4, 0.5) is 0 Å². The Labute approximate surface area is 680 Å². The molecule has 3 saturated heterocycles. The molecule has 115 heavy (non-hydrogen) atoms. The predicted octanol–water partition coefficient (Wildman–Crippen LogP) is 1.05. The Bertz CT molecular complexity index is 3600. The number of hydrogen-bond donors (Lipinski definition) is 13. The van der Waals surface area contributed by atoms with E-state index < -0.39 is 165 Å². The molecule has 0 spiro atoms. The molecule has 5 aliphatic rings. The molecule has 0 aromatic heterocycles. The number of amides is 16. The Morgan fingerprint density at radius 3 is 1.35 bits per heavy atom. The predicted molar refractivity (Wildman–Crippen MR) is 432 cm³/mol. The van der Waals surface area contributed by atoms with Gasteiger partial charge in [0, 0.05) is 45.9 Å². The molecule has 0 aromatic rings. The number of carbonyl (C=O) groups excluding carboxylic acids is 16. The summed E-state index contributed by atoms with van der Waals surface area (Å²) in [7, 11) is 0. The maximum atomic E-state index is 14.4. The Balaban J connectivity index is 1.07. The number of amidine groups is 1. The van der Waals surface area contributed by atoms with Gasteiger partial charge in [-0.15, -0.1) is 0 Å². The fourth-order valence-corrected chi connectivity index (χ4v) is 15.2. The minimum Gasteiger partial charge on any atom is -0.354 e. The zero-order valence-corrected chi connectivity index (χ0v) is 72.6. The molecule has 34 heteroatoms. The van der Waals surface area contributed by atoms with Gasteiger partial charge < -0.3 is 83.8 Å². The van der Waals surface area contributed by atoms with E-state index >= 15 is 0 Å². The lowest BCUT2D eigenvalue weighted by atomic mass is 9.93. The van der Waals surface area contributed by atoms with Crippen LogP contribution >= 0.6 is 0 Å². The van der Waals surface area contributed by atoms with Gasteiger partial charge in [0.05, 0.1) is 45.2 Å². The third-order valence-electron chi connectivity index (χ3n) is 22.0. The van der Waals surface area contributed by atoms with Crippen molar-refractivity contribution in [2.45, 2.75) is 330 Å². The zero-order valence-electron chi connectivity index (χ0n) is 72.6. The van der Waals surface area contributed by atoms with Crippen LogP contribution in [0.25, 0.3) is 0 Å². The van der Waals surface area contributed by atoms with E-state index in [9.17, 15) is 76.7 Å². The standard InChI is InChI=1S/C81H138N18O16/c1-22-81(21,72(113)85-53(43-49(2)3)48-96-39-30-38-95-37-29-34-62(95)96)92-64(105)55(45-51(6)7)86-60(102)46-84-68(109)75(9,10)89-66(107)57-32-25-28-42-99(57)74(115)80(19,20)94-70(111)77(13,14)88-61(103)47-83-59(101)35-36-82-63(104)54(44-50(4)5)87-69(110)76(11,12)93-71(112)78(15,16)90-67(108)58-33-24-27-41-98(58)73(114)79(17,18)91-65(106)56-31-23-26-40-97(56)52(8)100/h49-51,53-58H,22-48H2,1-21H3,(H12-,82,83,84,85,86,87,88,89,90,91,92,93,94,101,102,103,104,105,106,107,108,109,110,111,112,113)/p+1. The summed E-state index contributed by atoms with van der Waals surface area (Å²) in [5, 5.41) is 35.5. The van der Waals surface area contributed by atoms with Crippen molar-refractivity contribution < 1.29 is 81.3 Å². The van der Waals surface area contributed by atoms with E-state index in [1.54, 1.807) is 20.8 Å². The summed E-state index contributed by atoms with van der Waals surface area (Å²) in [4.78, 5) is 227. The van der Waals surface area contributed by atoms with Crippen molar-refractivity contribution >= 4 is 100 Å². The van der Waals surface area contributed by atoms with Crippen LogP contribution in [0.1, 0.15) is 255 Å². The molecule has 7 atom stereocenters. The lowest BCUT2D eigenvalue weighted by Crippen LogP contribution is -2.67. The minimum atomic E-state index is -1.67. The Morgan fingerprint density at radius 2 is 0.843 bits per heavy atom. The van der Waals surface area contributed by atoms with Crippen molar-refractivity contribution in [3.05, 3.63) is 0 Å². The third kappa shape index (κ3) is 27.8. The van der Waals surface area contributed by atoms with Gasteiger partial charge in [-0.05, 0) is 198 Å². The SMILES string of the molecule is CCC(C)(NC(=O)C(CC(C)C)NC(=O)CNC(=O)C(C)(C)NC(=O)C1CCCCN1C(=O)C(C)(C)NC(=O)C(C)(C)NC(=O)CNC(=O)CCNC(=O)C(CC(C)C)NC(=O)C(C)(C)NC(=O)C(C)(C)NC(=O)C1CCCCN1C(=O)C(C)(C)NC(=O)C1CCCCN1C(C)=O)C(=O)NC(CC(C)C)CN1CCC[N+]2=C1CCC2. The van der Waals surface area contributed by atoms with Crippen LogP contribution in [-0.2, 0) is 76.7 Å². The van der Waals surface area contributed by atoms with Gasteiger partial charge >= 0.3 is 0 Å². The highest BCUT2D eigenvalue weighted by atomic mass is 16.2. The molecular weight excluding hydrogens is 1480 g/mol. The quantitative estimate of drug-likeness (QED) is 0.0384. The summed E-state index contributed by atoms with van der Waals surface area (Å²) in [5.41, 5.74) is -11.0. The number of likely N-dealkylation sites (tertiary alicyclic amines) is 3. The third-order valence-corrected chi connectivity index (χ3v) is 22.0. The lowest BCUT2D eigenvalue weighted by molar-refractivity contribution is -0.530. The first-order chi connectivity index (χ1) is 53.3. The summed E-state index contributed by atoms with van der Waals surface area (Å²) < 4.78 is 2.43. The summed E-state index contributed by atoms with van der Waals surface area (Å²) in [6.45, 7) is 36.9. The molecule has 5 heterocycles. The minimum absolute atomic E-state index is 0.0601. The van der Waals surface area contributed by atoms with Crippen molar-refractivity contribution in [3.63, 3.8) is 0 Å². The number of carbonyl (C=O) groups is 16. The van der Waals surface area contributed by atoms with Gasteiger partial charge in [-0.2, -0.15) is 0 Å². The van der Waals surface area contributed by atoms with E-state index in [-0.39, 0.29) is 87.9 Å². The molecule has 5 rings (SSSR count). The van der Waals surface area contributed by atoms with E-state index in [1.807, 2.05) is 34.6 Å². The number of hydrogen-bond acceptors (Lipinski definition) is 17. The lowest BCUT2D eigenvalue weighted by Gasteiger charge is -2.42. The molecule has 0 aliphatic carbocycles. The molecule has 34 nitrogen and oxygen atoms in total. The number of piperidine rings is 3. The van der Waals surface area contributed by atoms with Gasteiger partial charge in [0.1, 0.15) is 75.5 Å². The van der Waals surface area contributed by atoms with E-state index in [0.717, 1.165) is 58.2 Å². The van der Waals surface area contributed by atoms with Crippen LogP contribution in [-0.4, -0.2) is 265 Å². The second-order valence-electron chi connectivity index (χ2n) is 36.6. The molecule has 5 aliphatic heterocycles. The van der Waals surface area contributed by atoms with Crippen molar-refractivity contribution in [3.8, 4) is 0 Å². The highest BCUT2D eigenvalue weighted by molar-refractivity contribution is 6.02. The average molecular weight is 1620 g/mol. The summed E-state index contributed by atoms with van der Waals surface area (Å²) in [6, 6.07) is -5.19. The van der Waals surface area contributed by atoms with Crippen molar-refractivity contribution in [1.82, 2.24) is 88.7 Å². The Kier molecular flexibility index (Phi) is 34.6. The average Bonchev–Trinajstić information content (AvgIpc) is 1.28. The summed E-state index contributed by atoms with van der Waals surface area (Å²) in [6.07, 6.45) is 8.93. The highest BCUT2D eigenvalue weighted by Gasteiger charge is 2.48. The van der Waals surface area contributed by atoms with Crippen molar-refractivity contribution in [2.75, 3.05) is 65.4 Å². The summed E-state index contributed by atoms with van der Waals surface area (Å²) >= 11 is 0. The Morgan fingerprint density at radius 1 is 0.409 bits per heavy atom. The molecule has 648 valence electrons. The van der Waals surface area contributed by atoms with Crippen LogP contribution in [0, 0.1) is 17.8 Å². The molecule has 0 bridgehead atoms. The molecule has 0 aromatic carbocycles. The monoisotopic (exact) mass is 1620 g/mol. The van der Waals surface area contributed by atoms with Crippen LogP contribution in [0.5, 0.6) is 0 Å². The second kappa shape index (κ2) is 41.2. The van der Waals surface area contributed by atoms with E-state index in [2.05, 4.69) is 92.4 Å². The number of nitrogens with zero attached hydrogens (tertiary/aromatic N) is 5. The molecule has 0 saturated carbocycles. The maximum absolute atomic E-state index is 14.4. The zero-order chi connectivity index (χ0) is 86.7. The molecule has 16 amide bonds. The van der Waals surface area contributed by atoms with E-state index in [4.69, 9.17) is 0 Å². The molecule has 13 N–H and O–H groups in total. The highest BCUT2D eigenvalue weighted by Crippen LogP contribution is 2.28. The van der Waals surface area contributed by atoms with E-state index in [1.165, 1.54) is 96.7 Å². The molecule has 0 radical (unpaired) electrons. The van der Waals surface area contributed by atoms with E-state index in [0.29, 0.717) is 51.1 Å². The fraction of sp³-hybridized carbons (Fsp3) is 0.790. The number of nitrogens with one attached hydrogen (secondary N) is 13. The topological polar surface area (TPSA) is 445 Å². The van der Waals surface area contributed by atoms with Gasteiger partial charge in [0.15, 0.2) is 0 Å². The maximum Gasteiger partial charge on any atom is 0.248 e. The first-order valence-electron chi connectivity index (χ1n) is 41.5. The number of rotatable bonds is 38. The largest absolute Gasteiger partial charge is 0.354 e. The molecule has 3 fully saturated rings. The van der Waals surface area contributed by atoms with Gasteiger partial charge in [0.2, 0.25) is 100 Å². The van der Waals surface area contributed by atoms with Gasteiger partial charge in [-0.25, -0.2) is 0 Å². The van der Waals surface area contributed by atoms with Gasteiger partial charge in [0.25, 0.3) is 0 Å². The van der Waals surface area contributed by atoms with Crippen LogP contribution < -0.4 is 69.1 Å². The van der Waals surface area contributed by atoms with Crippen LogP contribution in [0.15, 0.2) is 0 Å².